The maximum atomic E-state index is 15.2. The quantitative estimate of drug-likeness (QED) is 0.298. The van der Waals surface area contributed by atoms with Gasteiger partial charge in [-0.3, -0.25) is 4.79 Å². The first-order valence-electron chi connectivity index (χ1n) is 10.9. The highest BCUT2D eigenvalue weighted by Gasteiger charge is 2.48. The first kappa shape index (κ1) is 27.0. The van der Waals surface area contributed by atoms with E-state index < -0.39 is 60.4 Å². The summed E-state index contributed by atoms with van der Waals surface area (Å²) in [6.45, 7) is 4.71. The number of alkyl halides is 1. The molecule has 1 heterocycles. The van der Waals surface area contributed by atoms with Crippen molar-refractivity contribution in [2.45, 2.75) is 32.9 Å². The van der Waals surface area contributed by atoms with E-state index in [-0.39, 0.29) is 23.2 Å². The number of benzene rings is 2. The second-order valence-electron chi connectivity index (χ2n) is 9.86. The summed E-state index contributed by atoms with van der Waals surface area (Å²) < 4.78 is 58.7. The molecule has 0 spiro atoms. The third kappa shape index (κ3) is 6.56. The molecule has 0 bridgehead atoms. The highest BCUT2D eigenvalue weighted by Crippen LogP contribution is 2.33. The Hall–Kier alpha value is -2.57. The molecule has 11 heteroatoms. The zero-order valence-electron chi connectivity index (χ0n) is 19.5. The van der Waals surface area contributed by atoms with Crippen molar-refractivity contribution in [1.29, 1.82) is 0 Å². The van der Waals surface area contributed by atoms with E-state index in [1.807, 2.05) is 43.4 Å². The minimum atomic E-state index is -1.97. The van der Waals surface area contributed by atoms with E-state index in [9.17, 15) is 27.9 Å². The van der Waals surface area contributed by atoms with E-state index in [1.54, 1.807) is 6.07 Å². The average Bonchev–Trinajstić information content (AvgIpc) is 2.73. The van der Waals surface area contributed by atoms with Crippen LogP contribution in [0.15, 0.2) is 30.3 Å². The summed E-state index contributed by atoms with van der Waals surface area (Å²) in [4.78, 5) is 26.6. The molecule has 2 aromatic rings. The normalized spacial score (nSPS) is 14.9. The van der Waals surface area contributed by atoms with Crippen LogP contribution in [-0.2, 0) is 0 Å². The van der Waals surface area contributed by atoms with Gasteiger partial charge in [0, 0.05) is 10.1 Å². The van der Waals surface area contributed by atoms with Crippen molar-refractivity contribution in [3.8, 4) is 0 Å². The third-order valence-corrected chi connectivity index (χ3v) is 6.30. The molecular formula is C24H26F4IN3O3. The Bertz CT molecular complexity index is 1130. The maximum absolute atomic E-state index is 15.2. The van der Waals surface area contributed by atoms with Crippen molar-refractivity contribution in [3.05, 3.63) is 56.9 Å². The van der Waals surface area contributed by atoms with Crippen LogP contribution in [0.2, 0.25) is 0 Å². The Morgan fingerprint density at radius 3 is 2.37 bits per heavy atom. The first-order chi connectivity index (χ1) is 16.2. The summed E-state index contributed by atoms with van der Waals surface area (Å²) in [5.41, 5.74) is -3.15. The smallest absolute Gasteiger partial charge is 0.407 e. The number of carbonyl (C=O) groups excluding carboxylic acids is 1. The fourth-order valence-electron chi connectivity index (χ4n) is 3.68. The predicted molar refractivity (Wildman–Crippen MR) is 132 cm³/mol. The molecule has 190 valence electrons. The lowest BCUT2D eigenvalue weighted by atomic mass is 9.91. The van der Waals surface area contributed by atoms with Gasteiger partial charge < -0.3 is 20.2 Å². The van der Waals surface area contributed by atoms with Gasteiger partial charge >= 0.3 is 6.09 Å². The number of amides is 2. The molecule has 1 saturated heterocycles. The Kier molecular flexibility index (Phi) is 7.87. The molecular weight excluding hydrogens is 581 g/mol. The van der Waals surface area contributed by atoms with Gasteiger partial charge in [-0.05, 0) is 64.8 Å². The van der Waals surface area contributed by atoms with Crippen LogP contribution in [-0.4, -0.2) is 58.8 Å². The molecule has 0 atom stereocenters. The fraction of sp³-hybridized carbons (Fsp3) is 0.417. The summed E-state index contributed by atoms with van der Waals surface area (Å²) >= 11 is 1.89. The molecule has 2 N–H and O–H groups in total. The second-order valence-corrected chi connectivity index (χ2v) is 11.1. The maximum Gasteiger partial charge on any atom is 0.407 e. The minimum Gasteiger partial charge on any atom is -0.465 e. The number of likely N-dealkylation sites (tertiary alicyclic amines) is 1. The van der Waals surface area contributed by atoms with Gasteiger partial charge in [0.2, 0.25) is 0 Å². The summed E-state index contributed by atoms with van der Waals surface area (Å²) in [6.07, 6.45) is -0.737. The third-order valence-electron chi connectivity index (χ3n) is 5.63. The number of hydrogen-bond donors (Lipinski definition) is 2. The van der Waals surface area contributed by atoms with Crippen molar-refractivity contribution in [2.75, 3.05) is 31.5 Å². The molecule has 3 rings (SSSR count). The van der Waals surface area contributed by atoms with Crippen LogP contribution in [0, 0.1) is 26.4 Å². The van der Waals surface area contributed by atoms with Crippen LogP contribution in [0.3, 0.4) is 0 Å². The predicted octanol–water partition coefficient (Wildman–Crippen LogP) is 6.03. The van der Waals surface area contributed by atoms with E-state index in [0.29, 0.717) is 9.99 Å². The molecule has 0 radical (unpaired) electrons. The first-order valence-corrected chi connectivity index (χ1v) is 11.9. The lowest BCUT2D eigenvalue weighted by molar-refractivity contribution is -0.0371. The van der Waals surface area contributed by atoms with Crippen molar-refractivity contribution in [1.82, 2.24) is 9.80 Å². The van der Waals surface area contributed by atoms with Crippen molar-refractivity contribution in [3.63, 3.8) is 0 Å². The number of carbonyl (C=O) groups is 2. The highest BCUT2D eigenvalue weighted by atomic mass is 127. The Morgan fingerprint density at radius 1 is 1.14 bits per heavy atom. The number of hydrogen-bond acceptors (Lipinski definition) is 3. The van der Waals surface area contributed by atoms with Crippen LogP contribution < -0.4 is 5.32 Å². The van der Waals surface area contributed by atoms with E-state index in [0.717, 1.165) is 21.9 Å². The molecule has 0 aliphatic carbocycles. The second kappa shape index (κ2) is 10.2. The standard InChI is InChI=1S/C24H26F4IN3O3/c1-23(2,3)8-9-31(22(34)35)11-24(28)12-32(13-24)21(33)15-5-6-16(25)19(27)20(15)30-18-7-4-14(29)10-17(18)26/h4-7,10,30H,8-9,11-13H2,1-3H3,(H,34,35). The minimum absolute atomic E-state index is 0.136. The Labute approximate surface area is 214 Å². The molecule has 2 aromatic carbocycles. The Balaban J connectivity index is 1.76. The lowest BCUT2D eigenvalue weighted by Crippen LogP contribution is -2.65. The molecule has 35 heavy (non-hydrogen) atoms. The van der Waals surface area contributed by atoms with Gasteiger partial charge in [-0.15, -0.1) is 0 Å². The SMILES string of the molecule is CC(C)(C)CCN(CC1(F)CN(C(=O)c2ccc(F)c(F)c2Nc2ccc(I)cc2F)C1)C(=O)O. The zero-order chi connectivity index (χ0) is 26.1. The van der Waals surface area contributed by atoms with Gasteiger partial charge in [-0.2, -0.15) is 0 Å². The summed E-state index contributed by atoms with van der Waals surface area (Å²) in [5.74, 6) is -4.13. The van der Waals surface area contributed by atoms with Gasteiger partial charge in [-0.1, -0.05) is 20.8 Å². The van der Waals surface area contributed by atoms with Gasteiger partial charge in [0.15, 0.2) is 17.3 Å². The topological polar surface area (TPSA) is 72.9 Å². The zero-order valence-corrected chi connectivity index (χ0v) is 21.6. The van der Waals surface area contributed by atoms with Crippen LogP contribution >= 0.6 is 22.6 Å². The summed E-state index contributed by atoms with van der Waals surface area (Å²) in [7, 11) is 0. The van der Waals surface area contributed by atoms with Gasteiger partial charge in [0.25, 0.3) is 5.91 Å². The van der Waals surface area contributed by atoms with Gasteiger partial charge in [-0.25, -0.2) is 22.4 Å². The molecule has 6 nitrogen and oxygen atoms in total. The molecule has 2 amide bonds. The van der Waals surface area contributed by atoms with Crippen LogP contribution in [0.1, 0.15) is 37.6 Å². The summed E-state index contributed by atoms with van der Waals surface area (Å²) in [5, 5.41) is 11.9. The molecule has 1 aliphatic heterocycles. The van der Waals surface area contributed by atoms with Crippen LogP contribution in [0.25, 0.3) is 0 Å². The van der Waals surface area contributed by atoms with Crippen molar-refractivity contribution >= 4 is 46.0 Å². The molecule has 0 aromatic heterocycles. The number of nitrogens with zero attached hydrogens (tertiary/aromatic N) is 2. The summed E-state index contributed by atoms with van der Waals surface area (Å²) in [6, 6.07) is 5.86. The number of anilines is 2. The van der Waals surface area contributed by atoms with E-state index >= 15 is 4.39 Å². The fourth-order valence-corrected chi connectivity index (χ4v) is 4.14. The van der Waals surface area contributed by atoms with Crippen LogP contribution in [0.4, 0.5) is 33.7 Å². The van der Waals surface area contributed by atoms with E-state index in [1.165, 1.54) is 12.1 Å². The number of halogens is 5. The van der Waals surface area contributed by atoms with E-state index in [2.05, 4.69) is 5.32 Å². The van der Waals surface area contributed by atoms with Crippen molar-refractivity contribution in [2.24, 2.45) is 5.41 Å². The van der Waals surface area contributed by atoms with Crippen molar-refractivity contribution < 1.29 is 32.3 Å². The number of carboxylic acid groups (broad SMARTS) is 1. The monoisotopic (exact) mass is 607 g/mol. The molecule has 0 saturated carbocycles. The average molecular weight is 607 g/mol. The molecule has 1 fully saturated rings. The van der Waals surface area contributed by atoms with Crippen LogP contribution in [0.5, 0.6) is 0 Å². The number of nitrogens with one attached hydrogen (secondary N) is 1. The van der Waals surface area contributed by atoms with Gasteiger partial charge in [0.05, 0.1) is 36.6 Å². The van der Waals surface area contributed by atoms with E-state index in [4.69, 9.17) is 0 Å². The van der Waals surface area contributed by atoms with Gasteiger partial charge in [0.1, 0.15) is 5.82 Å². The number of rotatable bonds is 7. The Morgan fingerprint density at radius 2 is 1.80 bits per heavy atom. The molecule has 0 unspecified atom stereocenters. The highest BCUT2D eigenvalue weighted by molar-refractivity contribution is 14.1. The largest absolute Gasteiger partial charge is 0.465 e. The lowest BCUT2D eigenvalue weighted by Gasteiger charge is -2.46. The molecule has 1 aliphatic rings.